The highest BCUT2D eigenvalue weighted by molar-refractivity contribution is 5.25. The Morgan fingerprint density at radius 1 is 0.500 bits per heavy atom. The van der Waals surface area contributed by atoms with Crippen molar-refractivity contribution in [1.29, 1.82) is 0 Å². The molecule has 0 fully saturated rings. The molecular weight excluding hydrogens is 296 g/mol. The molecule has 0 heterocycles. The van der Waals surface area contributed by atoms with Gasteiger partial charge in [-0.05, 0) is 38.2 Å². The molecule has 0 radical (unpaired) electrons. The average Bonchev–Trinajstić information content (AvgIpc) is 2.51. The third-order valence-corrected chi connectivity index (χ3v) is 2.09. The van der Waals surface area contributed by atoms with Gasteiger partial charge in [-0.15, -0.1) is 0 Å². The molecule has 0 saturated heterocycles. The average molecular weight is 326 g/mol. The molecule has 0 aliphatic heterocycles. The predicted molar refractivity (Wildman–Crippen MR) is 107 cm³/mol. The van der Waals surface area contributed by atoms with Crippen molar-refractivity contribution in [2.75, 3.05) is 0 Å². The van der Waals surface area contributed by atoms with E-state index in [0.29, 0.717) is 23.0 Å². The van der Waals surface area contributed by atoms with E-state index in [1.54, 1.807) is 36.5 Å². The summed E-state index contributed by atoms with van der Waals surface area (Å²) in [5.41, 5.74) is 1.82. The van der Waals surface area contributed by atoms with Crippen molar-refractivity contribution >= 4 is 0 Å². The molecule has 0 spiro atoms. The van der Waals surface area contributed by atoms with E-state index in [0.717, 1.165) is 11.1 Å². The molecule has 0 aromatic carbocycles. The minimum absolute atomic E-state index is 0.421. The van der Waals surface area contributed by atoms with Crippen LogP contribution in [-0.2, 0) is 9.47 Å². The quantitative estimate of drug-likeness (QED) is 0.320. The predicted octanol–water partition coefficient (Wildman–Crippen LogP) is 6.92. The highest BCUT2D eigenvalue weighted by Gasteiger charge is 1.95. The van der Waals surface area contributed by atoms with Crippen LogP contribution >= 0.6 is 0 Å². The van der Waals surface area contributed by atoms with Crippen LogP contribution in [0.1, 0.15) is 27.7 Å². The summed E-state index contributed by atoms with van der Waals surface area (Å²) in [7, 11) is 0. The van der Waals surface area contributed by atoms with Crippen LogP contribution in [0.4, 0.5) is 0 Å². The van der Waals surface area contributed by atoms with Gasteiger partial charge < -0.3 is 9.47 Å². The SMILES string of the molecule is C=C(C)/C=C\C(=C)OC(=C)/C=C\C(=C)OC(=C)/C=C\C(=C)C.CC. The zero-order chi connectivity index (χ0) is 19.1. The Bertz CT molecular complexity index is 529. The second-order valence-electron chi connectivity index (χ2n) is 4.76. The Balaban J connectivity index is 0. The van der Waals surface area contributed by atoms with Gasteiger partial charge in [-0.2, -0.15) is 0 Å². The maximum Gasteiger partial charge on any atom is 0.120 e. The van der Waals surface area contributed by atoms with E-state index in [4.69, 9.17) is 9.47 Å². The lowest BCUT2D eigenvalue weighted by Crippen LogP contribution is -1.88. The van der Waals surface area contributed by atoms with Gasteiger partial charge in [0.2, 0.25) is 0 Å². The number of rotatable bonds is 10. The molecule has 0 bridgehead atoms. The van der Waals surface area contributed by atoms with Gasteiger partial charge in [0.1, 0.15) is 23.0 Å². The summed E-state index contributed by atoms with van der Waals surface area (Å²) in [4.78, 5) is 0. The van der Waals surface area contributed by atoms with E-state index in [-0.39, 0.29) is 0 Å². The van der Waals surface area contributed by atoms with Gasteiger partial charge in [-0.25, -0.2) is 0 Å². The second kappa shape index (κ2) is 13.9. The van der Waals surface area contributed by atoms with Crippen molar-refractivity contribution in [3.05, 3.63) is 110 Å². The first-order valence-corrected chi connectivity index (χ1v) is 7.67. The van der Waals surface area contributed by atoms with Gasteiger partial charge in [0.25, 0.3) is 0 Å². The normalized spacial score (nSPS) is 10.2. The van der Waals surface area contributed by atoms with Crippen LogP contribution in [0.2, 0.25) is 0 Å². The van der Waals surface area contributed by atoms with Gasteiger partial charge in [0.15, 0.2) is 0 Å². The Kier molecular flexibility index (Phi) is 13.6. The smallest absolute Gasteiger partial charge is 0.120 e. The highest BCUT2D eigenvalue weighted by atomic mass is 16.5. The summed E-state index contributed by atoms with van der Waals surface area (Å²) in [6.07, 6.45) is 10.3. The molecule has 130 valence electrons. The fraction of sp³-hybridized carbons (Fsp3) is 0.182. The van der Waals surface area contributed by atoms with Gasteiger partial charge in [-0.1, -0.05) is 76.6 Å². The molecule has 2 heteroatoms. The van der Waals surface area contributed by atoms with Crippen molar-refractivity contribution in [2.24, 2.45) is 0 Å². The molecule has 0 aliphatic rings. The Morgan fingerprint density at radius 3 is 0.917 bits per heavy atom. The highest BCUT2D eigenvalue weighted by Crippen LogP contribution is 2.10. The lowest BCUT2D eigenvalue weighted by molar-refractivity contribution is 0.332. The summed E-state index contributed by atoms with van der Waals surface area (Å²) in [6.45, 7) is 30.3. The maximum absolute atomic E-state index is 5.39. The largest absolute Gasteiger partial charge is 0.459 e. The van der Waals surface area contributed by atoms with Crippen LogP contribution in [0.15, 0.2) is 110 Å². The van der Waals surface area contributed by atoms with Crippen molar-refractivity contribution in [1.82, 2.24) is 0 Å². The van der Waals surface area contributed by atoms with Crippen LogP contribution in [-0.4, -0.2) is 0 Å². The van der Waals surface area contributed by atoms with Gasteiger partial charge >= 0.3 is 0 Å². The van der Waals surface area contributed by atoms with Gasteiger partial charge in [0.05, 0.1) is 0 Å². The minimum atomic E-state index is 0.421. The van der Waals surface area contributed by atoms with Crippen LogP contribution < -0.4 is 0 Å². The van der Waals surface area contributed by atoms with E-state index in [9.17, 15) is 0 Å². The zero-order valence-corrected chi connectivity index (χ0v) is 15.5. The second-order valence-corrected chi connectivity index (χ2v) is 4.76. The Morgan fingerprint density at radius 2 is 0.708 bits per heavy atom. The first-order chi connectivity index (χ1) is 11.2. The third-order valence-electron chi connectivity index (χ3n) is 2.09. The van der Waals surface area contributed by atoms with Crippen molar-refractivity contribution < 1.29 is 9.47 Å². The molecule has 2 nitrogen and oxygen atoms in total. The first-order valence-electron chi connectivity index (χ1n) is 7.67. The van der Waals surface area contributed by atoms with Gasteiger partial charge in [0, 0.05) is 0 Å². The fourth-order valence-corrected chi connectivity index (χ4v) is 1.13. The maximum atomic E-state index is 5.39. The third kappa shape index (κ3) is 15.6. The van der Waals surface area contributed by atoms with E-state index in [1.165, 1.54) is 0 Å². The summed E-state index contributed by atoms with van der Waals surface area (Å²) in [6, 6.07) is 0. The van der Waals surface area contributed by atoms with Crippen LogP contribution in [0, 0.1) is 0 Å². The van der Waals surface area contributed by atoms with Crippen molar-refractivity contribution in [3.8, 4) is 0 Å². The first kappa shape index (κ1) is 23.5. The Labute approximate surface area is 147 Å². The molecule has 0 saturated carbocycles. The molecule has 0 aromatic rings. The van der Waals surface area contributed by atoms with Gasteiger partial charge in [-0.3, -0.25) is 0 Å². The minimum Gasteiger partial charge on any atom is -0.459 e. The summed E-state index contributed by atoms with van der Waals surface area (Å²) in [5, 5.41) is 0. The molecule has 0 unspecified atom stereocenters. The van der Waals surface area contributed by atoms with E-state index in [2.05, 4.69) is 39.5 Å². The lowest BCUT2D eigenvalue weighted by Gasteiger charge is -2.06. The molecule has 0 N–H and O–H groups in total. The van der Waals surface area contributed by atoms with E-state index >= 15 is 0 Å². The van der Waals surface area contributed by atoms with E-state index in [1.807, 2.05) is 27.7 Å². The van der Waals surface area contributed by atoms with Crippen LogP contribution in [0.3, 0.4) is 0 Å². The topological polar surface area (TPSA) is 18.5 Å². The lowest BCUT2D eigenvalue weighted by atomic mass is 10.3. The zero-order valence-electron chi connectivity index (χ0n) is 15.5. The number of hydrogen-bond acceptors (Lipinski definition) is 2. The van der Waals surface area contributed by atoms with Crippen LogP contribution in [0.25, 0.3) is 0 Å². The molecule has 24 heavy (non-hydrogen) atoms. The van der Waals surface area contributed by atoms with E-state index < -0.39 is 0 Å². The number of hydrogen-bond donors (Lipinski definition) is 0. The molecule has 0 amide bonds. The summed E-state index contributed by atoms with van der Waals surface area (Å²) < 4.78 is 10.8. The number of allylic oxidation sites excluding steroid dienone is 8. The molecule has 0 atom stereocenters. The summed E-state index contributed by atoms with van der Waals surface area (Å²) in [5.74, 6) is 1.78. The van der Waals surface area contributed by atoms with Crippen LogP contribution in [0.5, 0.6) is 0 Å². The monoisotopic (exact) mass is 326 g/mol. The standard InChI is InChI=1S/C20H24O2.C2H6/c1-15(2)9-11-17(5)21-19(7)13-14-20(8)22-18(6)12-10-16(3)4;1-2/h9-14H,1,3,5-8H2,2,4H3;1-2H3/b11-9-,12-10-,14-13-;. The van der Waals surface area contributed by atoms with Crippen molar-refractivity contribution in [3.63, 3.8) is 0 Å². The van der Waals surface area contributed by atoms with Crippen molar-refractivity contribution in [2.45, 2.75) is 27.7 Å². The summed E-state index contributed by atoms with van der Waals surface area (Å²) >= 11 is 0. The molecule has 0 aliphatic carbocycles. The molecule has 0 rings (SSSR count). The molecule has 0 aromatic heterocycles. The Hall–Kier alpha value is -2.74. The fourth-order valence-electron chi connectivity index (χ4n) is 1.13. The molecular formula is C22H30O2. The number of ether oxygens (including phenoxy) is 2.